The predicted molar refractivity (Wildman–Crippen MR) is 218 cm³/mol. The van der Waals surface area contributed by atoms with Gasteiger partial charge in [0, 0.05) is 4.90 Å². The number of thiol groups is 1. The number of hydrogen-bond acceptors (Lipinski definition) is 1. The number of hydrogen-bond donors (Lipinski definition) is 1. The first-order valence-corrected chi connectivity index (χ1v) is 17.6. The highest BCUT2D eigenvalue weighted by molar-refractivity contribution is 7.80. The molecule has 0 aliphatic heterocycles. The summed E-state index contributed by atoms with van der Waals surface area (Å²) >= 11 is 5.25. The van der Waals surface area contributed by atoms with Crippen molar-refractivity contribution in [2.45, 2.75) is 11.8 Å². The average molecular weight is 655 g/mol. The van der Waals surface area contributed by atoms with Crippen molar-refractivity contribution in [1.29, 1.82) is 0 Å². The Labute approximate surface area is 298 Å². The van der Waals surface area contributed by atoms with Crippen molar-refractivity contribution in [3.63, 3.8) is 0 Å². The van der Waals surface area contributed by atoms with Crippen LogP contribution in [0.1, 0.15) is 5.56 Å². The maximum Gasteiger partial charge on any atom is 0.0197 e. The van der Waals surface area contributed by atoms with Crippen LogP contribution in [0.15, 0.2) is 187 Å². The molecule has 0 aliphatic carbocycles. The van der Waals surface area contributed by atoms with Gasteiger partial charge in [-0.05, 0) is 107 Å². The lowest BCUT2D eigenvalue weighted by molar-refractivity contribution is 1.39. The minimum atomic E-state index is 0.988. The number of fused-ring (bicyclic) bond motifs is 6. The summed E-state index contributed by atoms with van der Waals surface area (Å²) in [5.41, 5.74) is 13.2. The van der Waals surface area contributed by atoms with Crippen molar-refractivity contribution in [3.8, 4) is 55.6 Å². The second-order valence-corrected chi connectivity index (χ2v) is 13.5. The van der Waals surface area contributed by atoms with E-state index >= 15 is 0 Å². The molecule has 0 atom stereocenters. The van der Waals surface area contributed by atoms with E-state index in [9.17, 15) is 0 Å². The Kier molecular flexibility index (Phi) is 7.57. The Morgan fingerprint density at radius 3 is 1.36 bits per heavy atom. The maximum absolute atomic E-state index is 5.25. The van der Waals surface area contributed by atoms with Crippen LogP contribution < -0.4 is 0 Å². The standard InChI is InChI=1S/C49H34S/c1-32-37(41-16-6-5-15-39(41)35-27-25-34(26-28-35)33-13-3-2-4-14-33)21-11-22-38(32)47-24-12-23-40(49(47)50)36-29-30-46-44-19-8-7-17-42(44)43-18-9-10-20-45(43)48(46)31-36/h2-31,50H,1H3. The van der Waals surface area contributed by atoms with E-state index in [4.69, 9.17) is 12.6 Å². The minimum Gasteiger partial charge on any atom is -0.142 e. The van der Waals surface area contributed by atoms with Crippen LogP contribution in [0.3, 0.4) is 0 Å². The fraction of sp³-hybridized carbons (Fsp3) is 0.0204. The van der Waals surface area contributed by atoms with Crippen LogP contribution in [0.2, 0.25) is 0 Å². The molecule has 1 heteroatoms. The first-order chi connectivity index (χ1) is 24.7. The molecule has 0 radical (unpaired) electrons. The summed E-state index contributed by atoms with van der Waals surface area (Å²) in [7, 11) is 0. The molecule has 50 heavy (non-hydrogen) atoms. The van der Waals surface area contributed by atoms with E-state index in [1.165, 1.54) is 82.4 Å². The molecule has 0 amide bonds. The molecule has 0 saturated heterocycles. The molecular weight excluding hydrogens is 621 g/mol. The van der Waals surface area contributed by atoms with Gasteiger partial charge in [-0.3, -0.25) is 0 Å². The zero-order chi connectivity index (χ0) is 33.6. The summed E-state index contributed by atoms with van der Waals surface area (Å²) < 4.78 is 0. The lowest BCUT2D eigenvalue weighted by Gasteiger charge is -2.18. The number of rotatable bonds is 5. The molecule has 0 fully saturated rings. The second kappa shape index (κ2) is 12.5. The Morgan fingerprint density at radius 1 is 0.280 bits per heavy atom. The number of benzene rings is 9. The molecule has 0 aromatic heterocycles. The van der Waals surface area contributed by atoms with E-state index in [0.717, 1.165) is 16.0 Å². The molecule has 0 unspecified atom stereocenters. The highest BCUT2D eigenvalue weighted by Gasteiger charge is 2.17. The first kappa shape index (κ1) is 30.2. The fourth-order valence-corrected chi connectivity index (χ4v) is 8.13. The topological polar surface area (TPSA) is 0 Å². The van der Waals surface area contributed by atoms with Crippen LogP contribution in [-0.4, -0.2) is 0 Å². The zero-order valence-electron chi connectivity index (χ0n) is 27.8. The molecule has 0 nitrogen and oxygen atoms in total. The lowest BCUT2D eigenvalue weighted by Crippen LogP contribution is -1.93. The Balaban J connectivity index is 1.14. The smallest absolute Gasteiger partial charge is 0.0197 e. The van der Waals surface area contributed by atoms with E-state index in [2.05, 4.69) is 189 Å². The van der Waals surface area contributed by atoms with Crippen molar-refractivity contribution >= 4 is 44.9 Å². The SMILES string of the molecule is Cc1c(-c2ccccc2-c2ccc(-c3ccccc3)cc2)cccc1-c1cccc(-c2ccc3c4ccccc4c4ccccc4c3c2)c1S. The molecule has 9 aromatic rings. The first-order valence-electron chi connectivity index (χ1n) is 17.2. The molecule has 0 N–H and O–H groups in total. The van der Waals surface area contributed by atoms with Crippen LogP contribution >= 0.6 is 12.6 Å². The molecule has 9 aromatic carbocycles. The highest BCUT2D eigenvalue weighted by Crippen LogP contribution is 2.43. The third-order valence-corrected chi connectivity index (χ3v) is 10.7. The third-order valence-electron chi connectivity index (χ3n) is 10.2. The molecule has 0 bridgehead atoms. The van der Waals surface area contributed by atoms with Crippen molar-refractivity contribution < 1.29 is 0 Å². The van der Waals surface area contributed by atoms with E-state index in [0.29, 0.717) is 0 Å². The quantitative estimate of drug-likeness (QED) is 0.139. The van der Waals surface area contributed by atoms with Gasteiger partial charge in [0.25, 0.3) is 0 Å². The lowest BCUT2D eigenvalue weighted by atomic mass is 9.87. The van der Waals surface area contributed by atoms with Gasteiger partial charge in [-0.25, -0.2) is 0 Å². The van der Waals surface area contributed by atoms with Crippen molar-refractivity contribution in [3.05, 3.63) is 188 Å². The van der Waals surface area contributed by atoms with Crippen LogP contribution in [0.25, 0.3) is 88.0 Å². The molecule has 9 rings (SSSR count). The van der Waals surface area contributed by atoms with Crippen LogP contribution in [0, 0.1) is 6.92 Å². The second-order valence-electron chi connectivity index (χ2n) is 13.0. The minimum absolute atomic E-state index is 0.988. The van der Waals surface area contributed by atoms with Gasteiger partial charge >= 0.3 is 0 Å². The zero-order valence-corrected chi connectivity index (χ0v) is 28.7. The molecular formula is C49H34S. The van der Waals surface area contributed by atoms with Gasteiger partial charge in [0.1, 0.15) is 0 Å². The van der Waals surface area contributed by atoms with E-state index in [1.54, 1.807) is 0 Å². The summed E-state index contributed by atoms with van der Waals surface area (Å²) in [5, 5.41) is 7.68. The normalized spacial score (nSPS) is 11.4. The molecule has 0 aliphatic rings. The van der Waals surface area contributed by atoms with Gasteiger partial charge in [0.05, 0.1) is 0 Å². The summed E-state index contributed by atoms with van der Waals surface area (Å²) in [5.74, 6) is 0. The van der Waals surface area contributed by atoms with Crippen LogP contribution in [-0.2, 0) is 0 Å². The van der Waals surface area contributed by atoms with Gasteiger partial charge in [0.2, 0.25) is 0 Å². The van der Waals surface area contributed by atoms with Gasteiger partial charge < -0.3 is 0 Å². The molecule has 236 valence electrons. The molecule has 0 saturated carbocycles. The monoisotopic (exact) mass is 654 g/mol. The Morgan fingerprint density at radius 2 is 0.700 bits per heavy atom. The largest absolute Gasteiger partial charge is 0.142 e. The Bertz CT molecular complexity index is 2670. The summed E-state index contributed by atoms with van der Waals surface area (Å²) in [6.45, 7) is 2.24. The van der Waals surface area contributed by atoms with Crippen LogP contribution in [0.5, 0.6) is 0 Å². The van der Waals surface area contributed by atoms with Gasteiger partial charge in [0.15, 0.2) is 0 Å². The van der Waals surface area contributed by atoms with E-state index in [1.807, 2.05) is 0 Å². The average Bonchev–Trinajstić information content (AvgIpc) is 3.19. The van der Waals surface area contributed by atoms with Gasteiger partial charge in [-0.2, -0.15) is 0 Å². The van der Waals surface area contributed by atoms with E-state index in [-0.39, 0.29) is 0 Å². The third kappa shape index (κ3) is 5.10. The predicted octanol–water partition coefficient (Wildman–Crippen LogP) is 14.1. The van der Waals surface area contributed by atoms with Crippen molar-refractivity contribution in [2.75, 3.05) is 0 Å². The highest BCUT2D eigenvalue weighted by atomic mass is 32.1. The molecule has 0 spiro atoms. The van der Waals surface area contributed by atoms with E-state index < -0.39 is 0 Å². The summed E-state index contributed by atoms with van der Waals surface area (Å²) in [6.07, 6.45) is 0. The van der Waals surface area contributed by atoms with Crippen LogP contribution in [0.4, 0.5) is 0 Å². The van der Waals surface area contributed by atoms with Crippen molar-refractivity contribution in [1.82, 2.24) is 0 Å². The van der Waals surface area contributed by atoms with Gasteiger partial charge in [-0.1, -0.05) is 176 Å². The fourth-order valence-electron chi connectivity index (χ4n) is 7.73. The maximum atomic E-state index is 5.25. The van der Waals surface area contributed by atoms with Gasteiger partial charge in [-0.15, -0.1) is 12.6 Å². The summed E-state index contributed by atoms with van der Waals surface area (Å²) in [6, 6.07) is 65.9. The Hall–Kier alpha value is -5.89. The summed E-state index contributed by atoms with van der Waals surface area (Å²) in [4.78, 5) is 0.988. The van der Waals surface area contributed by atoms with Crippen molar-refractivity contribution in [2.24, 2.45) is 0 Å². The molecule has 0 heterocycles.